The van der Waals surface area contributed by atoms with Gasteiger partial charge in [-0.1, -0.05) is 11.6 Å². The van der Waals surface area contributed by atoms with Crippen LogP contribution in [0.5, 0.6) is 5.75 Å². The highest BCUT2D eigenvalue weighted by Gasteiger charge is 2.16. The van der Waals surface area contributed by atoms with E-state index in [4.69, 9.17) is 16.3 Å². The summed E-state index contributed by atoms with van der Waals surface area (Å²) in [5.41, 5.74) is 0.719. The van der Waals surface area contributed by atoms with E-state index in [0.29, 0.717) is 16.5 Å². The van der Waals surface area contributed by atoms with Crippen LogP contribution in [0.25, 0.3) is 0 Å². The zero-order valence-electron chi connectivity index (χ0n) is 14.4. The number of ether oxygens (including phenoxy) is 1. The molecule has 2 aromatic carbocycles. The van der Waals surface area contributed by atoms with E-state index < -0.39 is 10.0 Å². The molecular weight excluding hydrogens is 396 g/mol. The first-order valence-corrected chi connectivity index (χ1v) is 10.7. The van der Waals surface area contributed by atoms with Crippen molar-refractivity contribution < 1.29 is 17.9 Å². The number of thioether (sulfide) groups is 1. The minimum absolute atomic E-state index is 0.208. The Morgan fingerprint density at radius 2 is 1.85 bits per heavy atom. The van der Waals surface area contributed by atoms with Gasteiger partial charge in [-0.25, -0.2) is 8.42 Å². The number of halogens is 1. The summed E-state index contributed by atoms with van der Waals surface area (Å²) in [7, 11) is -2.04. The quantitative estimate of drug-likeness (QED) is 0.672. The Morgan fingerprint density at radius 3 is 2.42 bits per heavy atom. The molecule has 26 heavy (non-hydrogen) atoms. The molecule has 1 amide bonds. The van der Waals surface area contributed by atoms with Gasteiger partial charge in [0, 0.05) is 15.6 Å². The first kappa shape index (κ1) is 20.4. The van der Waals surface area contributed by atoms with Crippen molar-refractivity contribution in [3.63, 3.8) is 0 Å². The summed E-state index contributed by atoms with van der Waals surface area (Å²) in [6, 6.07) is 12.0. The number of carbonyl (C=O) groups excluding carboxylic acids is 1. The molecule has 0 aliphatic rings. The van der Waals surface area contributed by atoms with Crippen molar-refractivity contribution in [2.45, 2.75) is 17.1 Å². The number of nitrogens with one attached hydrogen (secondary N) is 2. The summed E-state index contributed by atoms with van der Waals surface area (Å²) in [4.78, 5) is 13.3. The Hall–Kier alpha value is -1.90. The van der Waals surface area contributed by atoms with Crippen LogP contribution in [0.3, 0.4) is 0 Å². The highest BCUT2D eigenvalue weighted by molar-refractivity contribution is 8.00. The third kappa shape index (κ3) is 6.12. The van der Waals surface area contributed by atoms with Gasteiger partial charge in [0.25, 0.3) is 0 Å². The van der Waals surface area contributed by atoms with Crippen molar-refractivity contribution >= 4 is 50.7 Å². The summed E-state index contributed by atoms with van der Waals surface area (Å²) in [5.74, 6) is 0.150. The number of sulfonamides is 1. The van der Waals surface area contributed by atoms with Gasteiger partial charge in [0.05, 0.1) is 24.3 Å². The van der Waals surface area contributed by atoms with Gasteiger partial charge in [0.1, 0.15) is 5.75 Å². The first-order valence-electron chi connectivity index (χ1n) is 7.57. The zero-order valence-corrected chi connectivity index (χ0v) is 16.8. The topological polar surface area (TPSA) is 84.5 Å². The number of hydrogen-bond donors (Lipinski definition) is 2. The van der Waals surface area contributed by atoms with Crippen LogP contribution in [-0.4, -0.2) is 32.9 Å². The van der Waals surface area contributed by atoms with E-state index >= 15 is 0 Å². The number of methoxy groups -OCH3 is 1. The average Bonchev–Trinajstić information content (AvgIpc) is 2.55. The van der Waals surface area contributed by atoms with Gasteiger partial charge >= 0.3 is 0 Å². The summed E-state index contributed by atoms with van der Waals surface area (Å²) in [6.45, 7) is 1.79. The molecule has 2 aromatic rings. The standard InChI is InChI=1S/C17H19ClN2O4S2/c1-11(25-14-7-4-12(18)5-8-14)17(21)19-13-6-9-16(24-2)15(10-13)20-26(3,22)23/h4-11,20H,1-3H3,(H,19,21). The second-order valence-corrected chi connectivity index (χ2v) is 9.09. The molecule has 1 unspecified atom stereocenters. The molecule has 6 nitrogen and oxygen atoms in total. The Balaban J connectivity index is 2.10. The van der Waals surface area contributed by atoms with Crippen molar-refractivity contribution in [2.75, 3.05) is 23.4 Å². The van der Waals surface area contributed by atoms with Crippen molar-refractivity contribution in [3.05, 3.63) is 47.5 Å². The predicted octanol–water partition coefficient (Wildman–Crippen LogP) is 3.84. The van der Waals surface area contributed by atoms with Crippen LogP contribution in [0.4, 0.5) is 11.4 Å². The summed E-state index contributed by atoms with van der Waals surface area (Å²) < 4.78 is 30.4. The Morgan fingerprint density at radius 1 is 1.19 bits per heavy atom. The van der Waals surface area contributed by atoms with Crippen LogP contribution in [0.2, 0.25) is 5.02 Å². The lowest BCUT2D eigenvalue weighted by Gasteiger charge is -2.15. The third-order valence-electron chi connectivity index (χ3n) is 3.26. The number of carbonyl (C=O) groups is 1. The van der Waals surface area contributed by atoms with E-state index in [1.54, 1.807) is 31.2 Å². The smallest absolute Gasteiger partial charge is 0.237 e. The largest absolute Gasteiger partial charge is 0.495 e. The molecule has 0 saturated heterocycles. The van der Waals surface area contributed by atoms with Gasteiger partial charge < -0.3 is 10.1 Å². The summed E-state index contributed by atoms with van der Waals surface area (Å²) in [5, 5.41) is 3.05. The Kier molecular flexibility index (Phi) is 6.80. The maximum absolute atomic E-state index is 12.4. The normalized spacial score (nSPS) is 12.3. The van der Waals surface area contributed by atoms with Gasteiger partial charge in [-0.3, -0.25) is 9.52 Å². The molecule has 0 saturated carbocycles. The van der Waals surface area contributed by atoms with Crippen molar-refractivity contribution in [3.8, 4) is 5.75 Å². The van der Waals surface area contributed by atoms with Crippen LogP contribution in [0.1, 0.15) is 6.92 Å². The van der Waals surface area contributed by atoms with E-state index in [1.807, 2.05) is 12.1 Å². The van der Waals surface area contributed by atoms with E-state index in [0.717, 1.165) is 11.2 Å². The summed E-state index contributed by atoms with van der Waals surface area (Å²) >= 11 is 7.25. The second kappa shape index (κ2) is 8.66. The van der Waals surface area contributed by atoms with Crippen LogP contribution in [-0.2, 0) is 14.8 Å². The van der Waals surface area contributed by atoms with Gasteiger partial charge in [-0.2, -0.15) is 0 Å². The van der Waals surface area contributed by atoms with Gasteiger partial charge in [-0.05, 0) is 49.4 Å². The monoisotopic (exact) mass is 414 g/mol. The molecule has 0 aliphatic carbocycles. The first-order chi connectivity index (χ1) is 12.2. The van der Waals surface area contributed by atoms with Gasteiger partial charge in [0.2, 0.25) is 15.9 Å². The molecule has 0 radical (unpaired) electrons. The molecule has 0 spiro atoms. The van der Waals surface area contributed by atoms with Crippen LogP contribution < -0.4 is 14.8 Å². The van der Waals surface area contributed by atoms with Crippen LogP contribution >= 0.6 is 23.4 Å². The molecule has 0 bridgehead atoms. The number of amides is 1. The molecule has 0 aliphatic heterocycles. The highest BCUT2D eigenvalue weighted by atomic mass is 35.5. The number of anilines is 2. The Bertz CT molecular complexity index is 886. The van der Waals surface area contributed by atoms with E-state index in [2.05, 4.69) is 10.0 Å². The third-order valence-corrected chi connectivity index (χ3v) is 5.21. The second-order valence-electron chi connectivity index (χ2n) is 5.49. The maximum atomic E-state index is 12.4. The molecule has 0 fully saturated rings. The highest BCUT2D eigenvalue weighted by Crippen LogP contribution is 2.30. The van der Waals surface area contributed by atoms with Gasteiger partial charge in [-0.15, -0.1) is 11.8 Å². The summed E-state index contributed by atoms with van der Waals surface area (Å²) in [6.07, 6.45) is 1.04. The molecule has 140 valence electrons. The molecule has 9 heteroatoms. The molecular formula is C17H19ClN2O4S2. The van der Waals surface area contributed by atoms with E-state index in [9.17, 15) is 13.2 Å². The lowest BCUT2D eigenvalue weighted by atomic mass is 10.2. The molecule has 0 aromatic heterocycles. The lowest BCUT2D eigenvalue weighted by molar-refractivity contribution is -0.115. The Labute approximate surface area is 162 Å². The van der Waals surface area contributed by atoms with Crippen molar-refractivity contribution in [1.82, 2.24) is 0 Å². The SMILES string of the molecule is COc1ccc(NC(=O)C(C)Sc2ccc(Cl)cc2)cc1NS(C)(=O)=O. The van der Waals surface area contributed by atoms with E-state index in [1.165, 1.54) is 24.9 Å². The minimum Gasteiger partial charge on any atom is -0.495 e. The van der Waals surface area contributed by atoms with Crippen LogP contribution in [0.15, 0.2) is 47.4 Å². The molecule has 1 atom stereocenters. The van der Waals surface area contributed by atoms with E-state index in [-0.39, 0.29) is 16.8 Å². The molecule has 2 N–H and O–H groups in total. The fourth-order valence-corrected chi connectivity index (χ4v) is 3.63. The van der Waals surface area contributed by atoms with Crippen molar-refractivity contribution in [2.24, 2.45) is 0 Å². The number of hydrogen-bond acceptors (Lipinski definition) is 5. The van der Waals surface area contributed by atoms with Crippen LogP contribution in [0, 0.1) is 0 Å². The fourth-order valence-electron chi connectivity index (χ4n) is 2.08. The fraction of sp³-hybridized carbons (Fsp3) is 0.235. The number of rotatable bonds is 7. The zero-order chi connectivity index (χ0) is 19.3. The average molecular weight is 415 g/mol. The lowest BCUT2D eigenvalue weighted by Crippen LogP contribution is -2.22. The molecule has 2 rings (SSSR count). The van der Waals surface area contributed by atoms with Crippen molar-refractivity contribution in [1.29, 1.82) is 0 Å². The van der Waals surface area contributed by atoms with Gasteiger partial charge in [0.15, 0.2) is 0 Å². The number of benzene rings is 2. The minimum atomic E-state index is -3.47. The molecule has 0 heterocycles. The maximum Gasteiger partial charge on any atom is 0.237 e. The predicted molar refractivity (Wildman–Crippen MR) is 107 cm³/mol.